The summed E-state index contributed by atoms with van der Waals surface area (Å²) in [6.45, 7) is 5.34. The van der Waals surface area contributed by atoms with Gasteiger partial charge in [-0.3, -0.25) is 4.79 Å². The molecule has 3 saturated heterocycles. The zero-order chi connectivity index (χ0) is 20.1. The van der Waals surface area contributed by atoms with Crippen LogP contribution in [-0.4, -0.2) is 61.5 Å². The fourth-order valence-electron chi connectivity index (χ4n) is 3.97. The number of esters is 1. The van der Waals surface area contributed by atoms with Gasteiger partial charge in [0.2, 0.25) is 11.4 Å². The van der Waals surface area contributed by atoms with Gasteiger partial charge in [0.25, 0.3) is 0 Å². The van der Waals surface area contributed by atoms with Crippen LogP contribution in [0.3, 0.4) is 0 Å². The summed E-state index contributed by atoms with van der Waals surface area (Å²) in [4.78, 5) is 26.1. The molecule has 4 rings (SSSR count). The number of hydrogen-bond donors (Lipinski definition) is 0. The van der Waals surface area contributed by atoms with Crippen LogP contribution < -0.4 is 4.74 Å². The summed E-state index contributed by atoms with van der Waals surface area (Å²) in [5.41, 5.74) is -1.04. The molecule has 0 bridgehead atoms. The summed E-state index contributed by atoms with van der Waals surface area (Å²) in [6.07, 6.45) is -2.92. The molecule has 0 N–H and O–H groups in total. The summed E-state index contributed by atoms with van der Waals surface area (Å²) in [7, 11) is 1.57. The minimum Gasteiger partial charge on any atom is -0.497 e. The maximum atomic E-state index is 13.3. The van der Waals surface area contributed by atoms with Crippen molar-refractivity contribution in [2.45, 2.75) is 63.2 Å². The minimum atomic E-state index is -1.78. The molecule has 152 valence electrons. The highest BCUT2D eigenvalue weighted by Crippen LogP contribution is 2.46. The molecule has 0 radical (unpaired) electrons. The Kier molecular flexibility index (Phi) is 4.70. The molecular weight excluding hydrogens is 368 g/mol. The number of Topliss-reactive ketones (excluding diaryl/α,β-unsaturated/α-hetero) is 1. The van der Waals surface area contributed by atoms with E-state index in [2.05, 4.69) is 0 Å². The number of fused-ring (bicyclic) bond motifs is 3. The fraction of sp³-hybridized carbons (Fsp3) is 0.600. The van der Waals surface area contributed by atoms with Gasteiger partial charge in [-0.1, -0.05) is 12.1 Å². The lowest BCUT2D eigenvalue weighted by Crippen LogP contribution is -2.50. The molecule has 28 heavy (non-hydrogen) atoms. The third-order valence-electron chi connectivity index (χ3n) is 5.20. The summed E-state index contributed by atoms with van der Waals surface area (Å²) < 4.78 is 33.7. The van der Waals surface area contributed by atoms with Crippen molar-refractivity contribution in [3.05, 3.63) is 29.8 Å². The van der Waals surface area contributed by atoms with E-state index in [-0.39, 0.29) is 13.0 Å². The third-order valence-corrected chi connectivity index (χ3v) is 5.20. The lowest BCUT2D eigenvalue weighted by Gasteiger charge is -2.27. The molecule has 0 aliphatic carbocycles. The molecule has 0 spiro atoms. The van der Waals surface area contributed by atoms with Crippen molar-refractivity contribution in [1.82, 2.24) is 0 Å². The van der Waals surface area contributed by atoms with E-state index in [1.165, 1.54) is 0 Å². The first-order valence-electron chi connectivity index (χ1n) is 9.33. The van der Waals surface area contributed by atoms with Crippen LogP contribution in [0.15, 0.2) is 24.3 Å². The van der Waals surface area contributed by atoms with E-state index < -0.39 is 47.7 Å². The molecule has 0 amide bonds. The number of methoxy groups -OCH3 is 1. The van der Waals surface area contributed by atoms with E-state index >= 15 is 0 Å². The van der Waals surface area contributed by atoms with Crippen LogP contribution in [0.1, 0.15) is 26.3 Å². The minimum absolute atomic E-state index is 0.0344. The van der Waals surface area contributed by atoms with Gasteiger partial charge in [0.1, 0.15) is 18.0 Å². The second-order valence-corrected chi connectivity index (χ2v) is 7.54. The number of ether oxygens (including phenoxy) is 6. The van der Waals surface area contributed by atoms with E-state index in [0.717, 1.165) is 5.56 Å². The fourth-order valence-corrected chi connectivity index (χ4v) is 3.97. The molecule has 0 aromatic heterocycles. The van der Waals surface area contributed by atoms with Crippen molar-refractivity contribution in [3.63, 3.8) is 0 Å². The van der Waals surface area contributed by atoms with Crippen molar-refractivity contribution in [2.75, 3.05) is 13.7 Å². The molecule has 0 unspecified atom stereocenters. The largest absolute Gasteiger partial charge is 0.497 e. The Morgan fingerprint density at radius 2 is 1.82 bits per heavy atom. The smallest absolute Gasteiger partial charge is 0.346 e. The van der Waals surface area contributed by atoms with E-state index in [9.17, 15) is 9.59 Å². The van der Waals surface area contributed by atoms with Crippen LogP contribution in [0.4, 0.5) is 0 Å². The van der Waals surface area contributed by atoms with Gasteiger partial charge in [-0.15, -0.1) is 0 Å². The highest BCUT2D eigenvalue weighted by molar-refractivity contribution is 6.11. The number of carbonyl (C=O) groups excluding carboxylic acids is 2. The zero-order valence-corrected chi connectivity index (χ0v) is 16.3. The van der Waals surface area contributed by atoms with Crippen LogP contribution in [-0.2, 0) is 39.7 Å². The predicted octanol–water partition coefficient (Wildman–Crippen LogP) is 1.38. The first-order valence-corrected chi connectivity index (χ1v) is 9.33. The Morgan fingerprint density at radius 3 is 2.46 bits per heavy atom. The quantitative estimate of drug-likeness (QED) is 0.549. The van der Waals surface area contributed by atoms with Gasteiger partial charge in [-0.05, 0) is 38.5 Å². The summed E-state index contributed by atoms with van der Waals surface area (Å²) in [5, 5.41) is 0. The molecule has 3 aliphatic heterocycles. The van der Waals surface area contributed by atoms with Crippen LogP contribution in [0.25, 0.3) is 0 Å². The van der Waals surface area contributed by atoms with Gasteiger partial charge < -0.3 is 28.4 Å². The predicted molar refractivity (Wildman–Crippen MR) is 94.6 cm³/mol. The standard InChI is InChI=1S/C20H24O8/c1-5-24-18(22)20(10-11-6-8-12(23-4)9-7-11)16(21)14-13(27-20)15-17(25-14)28-19(2,3)26-15/h6-9,13-15,17H,5,10H2,1-4H3/t13-,14-,15+,17+,20+/m0/s1. The SMILES string of the molecule is CCOC(=O)[C@]1(Cc2ccc(OC)cc2)O[C@@H]2[C@H]3OC(C)(C)O[C@H]3O[C@@H]2C1=O. The molecular formula is C20H24O8. The molecule has 1 aromatic carbocycles. The Bertz CT molecular complexity index is 773. The van der Waals surface area contributed by atoms with Crippen LogP contribution in [0, 0.1) is 0 Å². The number of hydrogen-bond acceptors (Lipinski definition) is 8. The number of carbonyl (C=O) groups is 2. The topological polar surface area (TPSA) is 89.5 Å². The second kappa shape index (κ2) is 6.81. The second-order valence-electron chi connectivity index (χ2n) is 7.54. The average molecular weight is 392 g/mol. The summed E-state index contributed by atoms with van der Waals surface area (Å²) >= 11 is 0. The van der Waals surface area contributed by atoms with Crippen molar-refractivity contribution in [1.29, 1.82) is 0 Å². The highest BCUT2D eigenvalue weighted by atomic mass is 16.8. The van der Waals surface area contributed by atoms with Crippen molar-refractivity contribution in [3.8, 4) is 5.75 Å². The van der Waals surface area contributed by atoms with Crippen LogP contribution >= 0.6 is 0 Å². The molecule has 3 aliphatic rings. The van der Waals surface area contributed by atoms with Gasteiger partial charge in [-0.2, -0.15) is 0 Å². The van der Waals surface area contributed by atoms with E-state index in [1.807, 2.05) is 0 Å². The third kappa shape index (κ3) is 3.00. The first-order chi connectivity index (χ1) is 13.3. The van der Waals surface area contributed by atoms with E-state index in [1.54, 1.807) is 52.1 Å². The number of ketones is 1. The lowest BCUT2D eigenvalue weighted by molar-refractivity contribution is -0.210. The van der Waals surface area contributed by atoms with E-state index in [4.69, 9.17) is 28.4 Å². The number of rotatable bonds is 5. The van der Waals surface area contributed by atoms with Gasteiger partial charge in [-0.25, -0.2) is 4.79 Å². The normalized spacial score (nSPS) is 35.5. The molecule has 8 nitrogen and oxygen atoms in total. The van der Waals surface area contributed by atoms with Crippen molar-refractivity contribution in [2.24, 2.45) is 0 Å². The summed E-state index contributed by atoms with van der Waals surface area (Å²) in [5.74, 6) is -1.36. The summed E-state index contributed by atoms with van der Waals surface area (Å²) in [6, 6.07) is 7.09. The molecule has 5 atom stereocenters. The van der Waals surface area contributed by atoms with E-state index in [0.29, 0.717) is 5.75 Å². The lowest BCUT2D eigenvalue weighted by atomic mass is 9.89. The average Bonchev–Trinajstić information content (AvgIpc) is 3.22. The van der Waals surface area contributed by atoms with Crippen LogP contribution in [0.5, 0.6) is 5.75 Å². The monoisotopic (exact) mass is 392 g/mol. The Balaban J connectivity index is 1.63. The van der Waals surface area contributed by atoms with Crippen molar-refractivity contribution < 1.29 is 38.0 Å². The zero-order valence-electron chi connectivity index (χ0n) is 16.3. The van der Waals surface area contributed by atoms with Crippen molar-refractivity contribution >= 4 is 11.8 Å². The molecule has 8 heteroatoms. The molecule has 0 saturated carbocycles. The Labute approximate surface area is 163 Å². The maximum absolute atomic E-state index is 13.3. The van der Waals surface area contributed by atoms with Gasteiger partial charge >= 0.3 is 5.97 Å². The number of benzene rings is 1. The first kappa shape index (κ1) is 19.3. The molecule has 1 aromatic rings. The Hall–Kier alpha value is -2.00. The van der Waals surface area contributed by atoms with Gasteiger partial charge in [0, 0.05) is 6.42 Å². The molecule has 3 heterocycles. The maximum Gasteiger partial charge on any atom is 0.346 e. The Morgan fingerprint density at radius 1 is 1.11 bits per heavy atom. The van der Waals surface area contributed by atoms with Gasteiger partial charge in [0.05, 0.1) is 13.7 Å². The van der Waals surface area contributed by atoms with Crippen LogP contribution in [0.2, 0.25) is 0 Å². The molecule has 3 fully saturated rings. The van der Waals surface area contributed by atoms with Gasteiger partial charge in [0.15, 0.2) is 18.2 Å². The highest BCUT2D eigenvalue weighted by Gasteiger charge is 2.69.